The second-order valence-corrected chi connectivity index (χ2v) is 7.74. The van der Waals surface area contributed by atoms with E-state index in [1.807, 2.05) is 25.6 Å². The van der Waals surface area contributed by atoms with Crippen molar-refractivity contribution >= 4 is 23.4 Å². The van der Waals surface area contributed by atoms with E-state index >= 15 is 0 Å². The van der Waals surface area contributed by atoms with Gasteiger partial charge in [-0.15, -0.1) is 5.10 Å². The monoisotopic (exact) mass is 309 g/mol. The zero-order valence-electron chi connectivity index (χ0n) is 13.1. The van der Waals surface area contributed by atoms with Crippen molar-refractivity contribution in [3.8, 4) is 0 Å². The quantitative estimate of drug-likeness (QED) is 0.375. The number of rotatable bonds is 2. The molecule has 2 rings (SSSR count). The Morgan fingerprint density at radius 2 is 2.05 bits per heavy atom. The van der Waals surface area contributed by atoms with Crippen LogP contribution in [0, 0.1) is 13.8 Å². The Bertz CT molecular complexity index is 559. The number of hydrogen-bond donors (Lipinski definition) is 2. The first kappa shape index (κ1) is 15.9. The van der Waals surface area contributed by atoms with E-state index in [4.69, 9.17) is 10.9 Å². The Kier molecular flexibility index (Phi) is 4.61. The van der Waals surface area contributed by atoms with Gasteiger partial charge in [-0.25, -0.2) is 0 Å². The summed E-state index contributed by atoms with van der Waals surface area (Å²) >= 11 is 1.97. The largest absolute Gasteiger partial charge is 0.409 e. The topological polar surface area (TPSA) is 87.6 Å². The molecule has 0 saturated carbocycles. The van der Waals surface area contributed by atoms with Crippen molar-refractivity contribution in [3.63, 3.8) is 0 Å². The van der Waals surface area contributed by atoms with Crippen molar-refractivity contribution in [2.75, 3.05) is 23.7 Å². The molecule has 3 N–H and O–H groups in total. The van der Waals surface area contributed by atoms with Crippen LogP contribution in [0.5, 0.6) is 0 Å². The van der Waals surface area contributed by atoms with Crippen LogP contribution in [0.25, 0.3) is 0 Å². The molecule has 1 aliphatic heterocycles. The van der Waals surface area contributed by atoms with Gasteiger partial charge in [0.15, 0.2) is 11.7 Å². The number of aromatic nitrogens is 2. The van der Waals surface area contributed by atoms with Crippen molar-refractivity contribution in [1.82, 2.24) is 10.2 Å². The van der Waals surface area contributed by atoms with Crippen LogP contribution in [0.1, 0.15) is 37.1 Å². The summed E-state index contributed by atoms with van der Waals surface area (Å²) in [7, 11) is 0. The molecule has 0 aliphatic carbocycles. The molecule has 0 atom stereocenters. The lowest BCUT2D eigenvalue weighted by Crippen LogP contribution is -2.31. The van der Waals surface area contributed by atoms with Crippen molar-refractivity contribution in [1.29, 1.82) is 0 Å². The van der Waals surface area contributed by atoms with Gasteiger partial charge in [-0.1, -0.05) is 19.0 Å². The van der Waals surface area contributed by atoms with Gasteiger partial charge in [0.05, 0.1) is 11.3 Å². The van der Waals surface area contributed by atoms with Crippen LogP contribution in [0.2, 0.25) is 0 Å². The highest BCUT2D eigenvalue weighted by molar-refractivity contribution is 8.00. The predicted octanol–water partition coefficient (Wildman–Crippen LogP) is 1.91. The fraction of sp³-hybridized carbons (Fsp3) is 0.643. The normalized spacial score (nSPS) is 19.4. The first-order valence-electron chi connectivity index (χ1n) is 7.06. The summed E-state index contributed by atoms with van der Waals surface area (Å²) in [5, 5.41) is 20.7. The standard InChI is InChI=1S/C14H23N5OS/c1-9-10(2)16-17-13(11(9)12(15)18-20)19-6-5-14(3,4)21-8-7-19/h20H,5-8H2,1-4H3,(H2,15,18). The molecule has 1 saturated heterocycles. The highest BCUT2D eigenvalue weighted by Crippen LogP contribution is 2.33. The van der Waals surface area contributed by atoms with Gasteiger partial charge in [-0.3, -0.25) is 0 Å². The molecule has 1 aliphatic rings. The average Bonchev–Trinajstić information content (AvgIpc) is 2.62. The van der Waals surface area contributed by atoms with Crippen LogP contribution in [0.15, 0.2) is 5.16 Å². The number of anilines is 1. The lowest BCUT2D eigenvalue weighted by atomic mass is 10.1. The maximum absolute atomic E-state index is 9.06. The molecule has 2 heterocycles. The van der Waals surface area contributed by atoms with Gasteiger partial charge in [-0.2, -0.15) is 16.9 Å². The molecule has 1 aromatic heterocycles. The van der Waals surface area contributed by atoms with E-state index < -0.39 is 0 Å². The summed E-state index contributed by atoms with van der Waals surface area (Å²) in [6.45, 7) is 10.1. The molecule has 6 nitrogen and oxygen atoms in total. The molecule has 0 aromatic carbocycles. The van der Waals surface area contributed by atoms with Gasteiger partial charge in [0.1, 0.15) is 0 Å². The van der Waals surface area contributed by atoms with Gasteiger partial charge >= 0.3 is 0 Å². The molecule has 21 heavy (non-hydrogen) atoms. The third-order valence-electron chi connectivity index (χ3n) is 3.94. The first-order valence-corrected chi connectivity index (χ1v) is 8.05. The second-order valence-electron chi connectivity index (χ2n) is 5.94. The van der Waals surface area contributed by atoms with Gasteiger partial charge in [0, 0.05) is 23.6 Å². The van der Waals surface area contributed by atoms with E-state index in [9.17, 15) is 0 Å². The molecular weight excluding hydrogens is 286 g/mol. The molecule has 1 fully saturated rings. The van der Waals surface area contributed by atoms with E-state index in [0.29, 0.717) is 11.4 Å². The van der Waals surface area contributed by atoms with Crippen LogP contribution in [-0.4, -0.2) is 44.8 Å². The Balaban J connectivity index is 2.42. The lowest BCUT2D eigenvalue weighted by molar-refractivity contribution is 0.318. The van der Waals surface area contributed by atoms with E-state index in [1.54, 1.807) is 0 Å². The van der Waals surface area contributed by atoms with Gasteiger partial charge in [0.25, 0.3) is 0 Å². The van der Waals surface area contributed by atoms with Crippen molar-refractivity contribution in [2.24, 2.45) is 10.9 Å². The number of hydrogen-bond acceptors (Lipinski definition) is 6. The number of nitrogens with zero attached hydrogens (tertiary/aromatic N) is 4. The van der Waals surface area contributed by atoms with Gasteiger partial charge < -0.3 is 15.8 Å². The van der Waals surface area contributed by atoms with E-state index in [1.165, 1.54) is 0 Å². The SMILES string of the molecule is Cc1nnc(N2CCSC(C)(C)CC2)c(C(N)=NO)c1C. The summed E-state index contributed by atoms with van der Waals surface area (Å²) in [4.78, 5) is 2.19. The molecule has 1 aromatic rings. The van der Waals surface area contributed by atoms with Gasteiger partial charge in [0.2, 0.25) is 0 Å². The second kappa shape index (κ2) is 6.09. The van der Waals surface area contributed by atoms with E-state index in [0.717, 1.165) is 36.5 Å². The molecule has 0 unspecified atom stereocenters. The molecular formula is C14H23N5OS. The van der Waals surface area contributed by atoms with Crippen LogP contribution >= 0.6 is 11.8 Å². The zero-order valence-corrected chi connectivity index (χ0v) is 13.9. The molecule has 0 amide bonds. The molecule has 116 valence electrons. The van der Waals surface area contributed by atoms with Crippen LogP contribution in [0.3, 0.4) is 0 Å². The minimum absolute atomic E-state index is 0.0941. The molecule has 0 spiro atoms. The Morgan fingerprint density at radius 3 is 2.71 bits per heavy atom. The smallest absolute Gasteiger partial charge is 0.174 e. The fourth-order valence-corrected chi connectivity index (χ4v) is 3.51. The highest BCUT2D eigenvalue weighted by atomic mass is 32.2. The van der Waals surface area contributed by atoms with E-state index in [-0.39, 0.29) is 10.6 Å². The first-order chi connectivity index (χ1) is 9.85. The third kappa shape index (κ3) is 3.40. The number of amidine groups is 1. The minimum Gasteiger partial charge on any atom is -0.409 e. The maximum atomic E-state index is 9.06. The molecule has 7 heteroatoms. The van der Waals surface area contributed by atoms with E-state index in [2.05, 4.69) is 34.1 Å². The highest BCUT2D eigenvalue weighted by Gasteiger charge is 2.27. The summed E-state index contributed by atoms with van der Waals surface area (Å²) in [6.07, 6.45) is 1.06. The summed E-state index contributed by atoms with van der Waals surface area (Å²) in [6, 6.07) is 0. The van der Waals surface area contributed by atoms with Crippen LogP contribution < -0.4 is 10.6 Å². The zero-order chi connectivity index (χ0) is 15.6. The van der Waals surface area contributed by atoms with Gasteiger partial charge in [-0.05, 0) is 25.8 Å². The number of aryl methyl sites for hydroxylation is 1. The fourth-order valence-electron chi connectivity index (χ4n) is 2.41. The Morgan fingerprint density at radius 1 is 1.33 bits per heavy atom. The number of oxime groups is 1. The molecule has 0 radical (unpaired) electrons. The summed E-state index contributed by atoms with van der Waals surface area (Å²) < 4.78 is 0.263. The van der Waals surface area contributed by atoms with Crippen molar-refractivity contribution < 1.29 is 5.21 Å². The maximum Gasteiger partial charge on any atom is 0.174 e. The number of nitrogens with two attached hydrogens (primary N) is 1. The summed E-state index contributed by atoms with van der Waals surface area (Å²) in [5.41, 5.74) is 8.26. The minimum atomic E-state index is 0.0941. The number of thioether (sulfide) groups is 1. The average molecular weight is 309 g/mol. The Labute approximate surface area is 129 Å². The molecule has 0 bridgehead atoms. The van der Waals surface area contributed by atoms with Crippen LogP contribution in [0.4, 0.5) is 5.82 Å². The predicted molar refractivity (Wildman–Crippen MR) is 87.4 cm³/mol. The summed E-state index contributed by atoms with van der Waals surface area (Å²) in [5.74, 6) is 1.83. The van der Waals surface area contributed by atoms with Crippen LogP contribution in [-0.2, 0) is 0 Å². The Hall–Kier alpha value is -1.50. The lowest BCUT2D eigenvalue weighted by Gasteiger charge is -2.25. The van der Waals surface area contributed by atoms with Crippen molar-refractivity contribution in [2.45, 2.75) is 38.9 Å². The van der Waals surface area contributed by atoms with Crippen molar-refractivity contribution in [3.05, 3.63) is 16.8 Å². The third-order valence-corrected chi connectivity index (χ3v) is 5.31.